The van der Waals surface area contributed by atoms with Gasteiger partial charge in [-0.2, -0.15) is 0 Å². The molecule has 3 atom stereocenters. The highest BCUT2D eigenvalue weighted by atomic mass is 14.7. The fraction of sp³-hybridized carbons (Fsp3) is 0.579. The van der Waals surface area contributed by atoms with Crippen molar-refractivity contribution in [1.82, 2.24) is 4.98 Å². The molecule has 2 aliphatic rings. The molecule has 0 spiro atoms. The molecule has 2 fully saturated rings. The molecule has 0 aliphatic heterocycles. The minimum atomic E-state index is 0.787. The Morgan fingerprint density at radius 3 is 2.80 bits per heavy atom. The van der Waals surface area contributed by atoms with E-state index in [0.29, 0.717) is 0 Å². The van der Waals surface area contributed by atoms with Crippen LogP contribution in [0.2, 0.25) is 0 Å². The van der Waals surface area contributed by atoms with E-state index in [9.17, 15) is 0 Å². The van der Waals surface area contributed by atoms with Crippen LogP contribution in [0.5, 0.6) is 0 Å². The van der Waals surface area contributed by atoms with Gasteiger partial charge in [-0.25, -0.2) is 0 Å². The number of rotatable bonds is 1. The highest BCUT2D eigenvalue weighted by Crippen LogP contribution is 2.47. The van der Waals surface area contributed by atoms with Gasteiger partial charge in [-0.3, -0.25) is 0 Å². The van der Waals surface area contributed by atoms with Gasteiger partial charge in [0.15, 0.2) is 0 Å². The lowest BCUT2D eigenvalue weighted by Crippen LogP contribution is -2.09. The van der Waals surface area contributed by atoms with Crippen molar-refractivity contribution in [1.29, 1.82) is 0 Å². The van der Waals surface area contributed by atoms with Gasteiger partial charge in [-0.15, -0.1) is 0 Å². The summed E-state index contributed by atoms with van der Waals surface area (Å²) >= 11 is 0. The molecule has 1 N–H and O–H groups in total. The summed E-state index contributed by atoms with van der Waals surface area (Å²) in [4.78, 5) is 3.76. The van der Waals surface area contributed by atoms with Crippen LogP contribution in [0.15, 0.2) is 18.2 Å². The maximum Gasteiger partial charge on any atom is 0.0461 e. The lowest BCUT2D eigenvalue weighted by atomic mass is 9.85. The molecule has 20 heavy (non-hydrogen) atoms. The van der Waals surface area contributed by atoms with Crippen LogP contribution in [-0.4, -0.2) is 4.98 Å². The van der Waals surface area contributed by atoms with Crippen molar-refractivity contribution in [2.75, 3.05) is 0 Å². The second kappa shape index (κ2) is 4.65. The minimum Gasteiger partial charge on any atom is -0.358 e. The van der Waals surface area contributed by atoms with Crippen molar-refractivity contribution < 1.29 is 0 Å². The van der Waals surface area contributed by atoms with Crippen molar-refractivity contribution in [2.45, 2.75) is 58.3 Å². The third-order valence-electron chi connectivity index (χ3n) is 5.79. The van der Waals surface area contributed by atoms with E-state index in [-0.39, 0.29) is 0 Å². The van der Waals surface area contributed by atoms with E-state index in [4.69, 9.17) is 0 Å². The fourth-order valence-corrected chi connectivity index (χ4v) is 4.83. The van der Waals surface area contributed by atoms with Crippen LogP contribution in [0, 0.1) is 25.7 Å². The van der Waals surface area contributed by atoms with Crippen molar-refractivity contribution in [3.05, 3.63) is 35.0 Å². The van der Waals surface area contributed by atoms with E-state index in [1.807, 2.05) is 0 Å². The third-order valence-corrected chi connectivity index (χ3v) is 5.79. The first-order valence-corrected chi connectivity index (χ1v) is 8.30. The minimum absolute atomic E-state index is 0.787. The monoisotopic (exact) mass is 267 g/mol. The summed E-state index contributed by atoms with van der Waals surface area (Å²) in [6, 6.07) is 7.06. The number of aromatic nitrogens is 1. The summed E-state index contributed by atoms with van der Waals surface area (Å²) in [5.41, 5.74) is 5.64. The molecule has 1 nitrogen and oxygen atoms in total. The molecule has 1 heteroatoms. The van der Waals surface area contributed by atoms with Gasteiger partial charge in [0.2, 0.25) is 0 Å². The second-order valence-electron chi connectivity index (χ2n) is 7.24. The molecular formula is C19H25N. The molecule has 1 aromatic heterocycles. The highest BCUT2D eigenvalue weighted by molar-refractivity contribution is 5.84. The summed E-state index contributed by atoms with van der Waals surface area (Å²) in [5.74, 6) is 2.77. The first-order chi connectivity index (χ1) is 9.70. The van der Waals surface area contributed by atoms with E-state index in [1.54, 1.807) is 0 Å². The van der Waals surface area contributed by atoms with E-state index in [0.717, 1.165) is 17.8 Å². The zero-order valence-electron chi connectivity index (χ0n) is 12.7. The Bertz CT molecular complexity index is 636. The zero-order chi connectivity index (χ0) is 13.7. The van der Waals surface area contributed by atoms with E-state index in [2.05, 4.69) is 37.0 Å². The quantitative estimate of drug-likeness (QED) is 0.705. The number of H-pyrrole nitrogens is 1. The van der Waals surface area contributed by atoms with Crippen LogP contribution >= 0.6 is 0 Å². The molecule has 2 saturated carbocycles. The van der Waals surface area contributed by atoms with Crippen LogP contribution in [0.3, 0.4) is 0 Å². The van der Waals surface area contributed by atoms with Crippen molar-refractivity contribution in [2.24, 2.45) is 11.8 Å². The lowest BCUT2D eigenvalue weighted by molar-refractivity contribution is 0.413. The first kappa shape index (κ1) is 12.5. The van der Waals surface area contributed by atoms with Gasteiger partial charge in [0.05, 0.1) is 0 Å². The molecule has 0 saturated heterocycles. The van der Waals surface area contributed by atoms with Crippen molar-refractivity contribution in [3.63, 3.8) is 0 Å². The normalized spacial score (nSPS) is 29.8. The Morgan fingerprint density at radius 2 is 1.90 bits per heavy atom. The zero-order valence-corrected chi connectivity index (χ0v) is 12.7. The molecule has 3 unspecified atom stereocenters. The molecule has 4 rings (SSSR count). The molecular weight excluding hydrogens is 242 g/mol. The number of hydrogen-bond acceptors (Lipinski definition) is 0. The fourth-order valence-electron chi connectivity index (χ4n) is 4.83. The van der Waals surface area contributed by atoms with Gasteiger partial charge in [0.25, 0.3) is 0 Å². The molecule has 0 radical (unpaired) electrons. The summed E-state index contributed by atoms with van der Waals surface area (Å²) in [7, 11) is 0. The van der Waals surface area contributed by atoms with Crippen LogP contribution in [0.4, 0.5) is 0 Å². The number of hydrogen-bond donors (Lipinski definition) is 1. The maximum atomic E-state index is 3.76. The van der Waals surface area contributed by atoms with Crippen molar-refractivity contribution in [3.8, 4) is 0 Å². The summed E-state index contributed by atoms with van der Waals surface area (Å²) in [5, 5.41) is 1.43. The number of fused-ring (bicyclic) bond motifs is 3. The van der Waals surface area contributed by atoms with Gasteiger partial charge in [-0.05, 0) is 68.2 Å². The Kier molecular flexibility index (Phi) is 2.90. The Labute approximate surface area is 121 Å². The second-order valence-corrected chi connectivity index (χ2v) is 7.24. The van der Waals surface area contributed by atoms with E-state index >= 15 is 0 Å². The van der Waals surface area contributed by atoms with Crippen LogP contribution < -0.4 is 0 Å². The van der Waals surface area contributed by atoms with Crippen molar-refractivity contribution >= 4 is 10.9 Å². The predicted molar refractivity (Wildman–Crippen MR) is 85.2 cm³/mol. The number of aromatic amines is 1. The smallest absolute Gasteiger partial charge is 0.0461 e. The Hall–Kier alpha value is -1.24. The predicted octanol–water partition coefficient (Wildman–Crippen LogP) is 5.47. The van der Waals surface area contributed by atoms with Gasteiger partial charge in [0, 0.05) is 22.5 Å². The van der Waals surface area contributed by atoms with Gasteiger partial charge >= 0.3 is 0 Å². The average Bonchev–Trinajstić information content (AvgIpc) is 2.94. The molecule has 1 aromatic carbocycles. The van der Waals surface area contributed by atoms with Crippen LogP contribution in [0.1, 0.15) is 61.3 Å². The molecule has 2 bridgehead atoms. The largest absolute Gasteiger partial charge is 0.358 e. The molecule has 2 aromatic rings. The topological polar surface area (TPSA) is 15.8 Å². The van der Waals surface area contributed by atoms with Crippen LogP contribution in [0.25, 0.3) is 10.9 Å². The number of aryl methyl sites for hydroxylation is 2. The summed E-state index contributed by atoms with van der Waals surface area (Å²) < 4.78 is 0. The SMILES string of the molecule is Cc1cc(C)c2cc(C3CCCC4CCC3C4)[nH]c2c1. The standard InChI is InChI=1S/C19H25N/c1-12-8-13(2)17-11-19(20-18(17)9-12)16-5-3-4-14-6-7-15(16)10-14/h8-9,11,14-16,20H,3-7,10H2,1-2H3. The third kappa shape index (κ3) is 1.99. The van der Waals surface area contributed by atoms with E-state index in [1.165, 1.54) is 66.2 Å². The Balaban J connectivity index is 1.75. The van der Waals surface area contributed by atoms with Gasteiger partial charge in [0.1, 0.15) is 0 Å². The highest BCUT2D eigenvalue weighted by Gasteiger charge is 2.34. The van der Waals surface area contributed by atoms with Gasteiger partial charge in [-0.1, -0.05) is 25.3 Å². The summed E-state index contributed by atoms with van der Waals surface area (Å²) in [6.45, 7) is 4.44. The Morgan fingerprint density at radius 1 is 1.00 bits per heavy atom. The molecule has 2 aliphatic carbocycles. The van der Waals surface area contributed by atoms with Gasteiger partial charge < -0.3 is 4.98 Å². The average molecular weight is 267 g/mol. The molecule has 106 valence electrons. The number of nitrogens with one attached hydrogen (secondary N) is 1. The first-order valence-electron chi connectivity index (χ1n) is 8.30. The van der Waals surface area contributed by atoms with E-state index < -0.39 is 0 Å². The molecule has 0 amide bonds. The maximum absolute atomic E-state index is 3.76. The summed E-state index contributed by atoms with van der Waals surface area (Å²) in [6.07, 6.45) is 8.73. The molecule has 1 heterocycles. The number of benzene rings is 1. The van der Waals surface area contributed by atoms with Crippen LogP contribution in [-0.2, 0) is 0 Å². The lowest BCUT2D eigenvalue weighted by Gasteiger charge is -2.21.